The summed E-state index contributed by atoms with van der Waals surface area (Å²) in [5.74, 6) is 0.809. The fourth-order valence-corrected chi connectivity index (χ4v) is 3.44. The maximum atomic E-state index is 13.5. The molecule has 2 aromatic rings. The fourth-order valence-electron chi connectivity index (χ4n) is 3.44. The average molecular weight is 404 g/mol. The van der Waals surface area contributed by atoms with Crippen LogP contribution in [0.15, 0.2) is 36.7 Å². The molecule has 0 radical (unpaired) electrons. The highest BCUT2D eigenvalue weighted by Crippen LogP contribution is 2.32. The van der Waals surface area contributed by atoms with Gasteiger partial charge in [0.15, 0.2) is 0 Å². The Morgan fingerprint density at radius 2 is 1.85 bits per heavy atom. The molecule has 0 saturated heterocycles. The SMILES string of the molecule is Cl.Cl.FCCOc1cc(F)ccc1-c1cncc(CCC2CCCC2)c1. The smallest absolute Gasteiger partial charge is 0.130 e. The van der Waals surface area contributed by atoms with E-state index in [1.54, 1.807) is 12.3 Å². The third-order valence-electron chi connectivity index (χ3n) is 4.70. The number of aryl methyl sites for hydroxylation is 1. The molecular formula is C20H25Cl2F2NO. The molecule has 1 fully saturated rings. The Bertz CT molecular complexity index is 679. The van der Waals surface area contributed by atoms with Gasteiger partial charge >= 0.3 is 0 Å². The van der Waals surface area contributed by atoms with Gasteiger partial charge in [-0.25, -0.2) is 8.78 Å². The molecule has 0 spiro atoms. The van der Waals surface area contributed by atoms with Gasteiger partial charge in [0.2, 0.25) is 0 Å². The van der Waals surface area contributed by atoms with Gasteiger partial charge in [-0.15, -0.1) is 24.8 Å². The summed E-state index contributed by atoms with van der Waals surface area (Å²) in [6.45, 7) is -0.680. The van der Waals surface area contributed by atoms with Crippen LogP contribution in [0.4, 0.5) is 8.78 Å². The number of hydrogen-bond acceptors (Lipinski definition) is 2. The topological polar surface area (TPSA) is 22.1 Å². The van der Waals surface area contributed by atoms with E-state index in [1.807, 2.05) is 6.20 Å². The number of nitrogens with zero attached hydrogens (tertiary/aromatic N) is 1. The predicted molar refractivity (Wildman–Crippen MR) is 106 cm³/mol. The molecule has 1 heterocycles. The molecule has 0 aliphatic heterocycles. The minimum atomic E-state index is -0.602. The molecule has 6 heteroatoms. The van der Waals surface area contributed by atoms with E-state index in [1.165, 1.54) is 49.8 Å². The number of alkyl halides is 1. The monoisotopic (exact) mass is 403 g/mol. The predicted octanol–water partition coefficient (Wildman–Crippen LogP) is 6.20. The van der Waals surface area contributed by atoms with Crippen LogP contribution >= 0.6 is 24.8 Å². The molecule has 0 N–H and O–H groups in total. The number of benzene rings is 1. The van der Waals surface area contributed by atoms with Crippen molar-refractivity contribution < 1.29 is 13.5 Å². The van der Waals surface area contributed by atoms with Crippen molar-refractivity contribution in [2.45, 2.75) is 38.5 Å². The normalized spacial score (nSPS) is 13.8. The third kappa shape index (κ3) is 6.10. The maximum Gasteiger partial charge on any atom is 0.130 e. The zero-order valence-corrected chi connectivity index (χ0v) is 16.3. The Morgan fingerprint density at radius 3 is 2.58 bits per heavy atom. The quantitative estimate of drug-likeness (QED) is 0.548. The van der Waals surface area contributed by atoms with E-state index in [-0.39, 0.29) is 31.4 Å². The van der Waals surface area contributed by atoms with E-state index < -0.39 is 12.5 Å². The molecule has 1 aromatic heterocycles. The van der Waals surface area contributed by atoms with E-state index >= 15 is 0 Å². The zero-order valence-electron chi connectivity index (χ0n) is 14.6. The largest absolute Gasteiger partial charge is 0.490 e. The van der Waals surface area contributed by atoms with Crippen molar-refractivity contribution in [3.05, 3.63) is 48.0 Å². The first-order valence-corrected chi connectivity index (χ1v) is 8.69. The first-order valence-electron chi connectivity index (χ1n) is 8.69. The van der Waals surface area contributed by atoms with Crippen LogP contribution in [0.1, 0.15) is 37.7 Å². The Balaban J connectivity index is 0.00000169. The van der Waals surface area contributed by atoms with Gasteiger partial charge < -0.3 is 4.74 Å². The molecule has 2 nitrogen and oxygen atoms in total. The van der Waals surface area contributed by atoms with Crippen molar-refractivity contribution in [2.24, 2.45) is 5.92 Å². The van der Waals surface area contributed by atoms with Crippen molar-refractivity contribution in [3.63, 3.8) is 0 Å². The summed E-state index contributed by atoms with van der Waals surface area (Å²) in [6.07, 6.45) is 11.2. The van der Waals surface area contributed by atoms with Gasteiger partial charge in [0.1, 0.15) is 24.8 Å². The minimum Gasteiger partial charge on any atom is -0.490 e. The summed E-state index contributed by atoms with van der Waals surface area (Å²) in [4.78, 5) is 4.33. The van der Waals surface area contributed by atoms with Crippen LogP contribution in [0.2, 0.25) is 0 Å². The number of ether oxygens (including phenoxy) is 1. The molecule has 0 amide bonds. The van der Waals surface area contributed by atoms with E-state index in [0.717, 1.165) is 23.5 Å². The molecule has 0 bridgehead atoms. The van der Waals surface area contributed by atoms with Gasteiger partial charge in [0.25, 0.3) is 0 Å². The summed E-state index contributed by atoms with van der Waals surface area (Å²) in [5, 5.41) is 0. The molecule has 26 heavy (non-hydrogen) atoms. The first kappa shape index (κ1) is 22.7. The van der Waals surface area contributed by atoms with Crippen LogP contribution in [0, 0.1) is 11.7 Å². The zero-order chi connectivity index (χ0) is 16.8. The second-order valence-electron chi connectivity index (χ2n) is 6.45. The van der Waals surface area contributed by atoms with Crippen LogP contribution in [0.5, 0.6) is 5.75 Å². The number of aromatic nitrogens is 1. The Labute approximate surface area is 166 Å². The molecule has 1 saturated carbocycles. The highest BCUT2D eigenvalue weighted by atomic mass is 35.5. The molecular weight excluding hydrogens is 379 g/mol. The Morgan fingerprint density at radius 1 is 1.08 bits per heavy atom. The lowest BCUT2D eigenvalue weighted by atomic mass is 9.97. The standard InChI is InChI=1S/C20H23F2NO.2ClH/c21-9-10-24-20-12-18(22)7-8-19(20)17-11-16(13-23-14-17)6-5-15-3-1-2-4-15;;/h7-8,11-15H,1-6,9-10H2;2*1H. The van der Waals surface area contributed by atoms with Crippen molar-refractivity contribution in [2.75, 3.05) is 13.3 Å². The third-order valence-corrected chi connectivity index (χ3v) is 4.70. The fraction of sp³-hybridized carbons (Fsp3) is 0.450. The second-order valence-corrected chi connectivity index (χ2v) is 6.45. The summed E-state index contributed by atoms with van der Waals surface area (Å²) in [6, 6.07) is 6.44. The minimum absolute atomic E-state index is 0. The molecule has 0 unspecified atom stereocenters. The second kappa shape index (κ2) is 11.3. The highest BCUT2D eigenvalue weighted by molar-refractivity contribution is 5.85. The number of pyridine rings is 1. The van der Waals surface area contributed by atoms with Crippen LogP contribution in [0.3, 0.4) is 0 Å². The summed E-state index contributed by atoms with van der Waals surface area (Å²) < 4.78 is 31.2. The lowest BCUT2D eigenvalue weighted by molar-refractivity contribution is 0.273. The Kier molecular flexibility index (Phi) is 9.89. The van der Waals surface area contributed by atoms with E-state index in [4.69, 9.17) is 4.74 Å². The van der Waals surface area contributed by atoms with Crippen LogP contribution < -0.4 is 4.74 Å². The van der Waals surface area contributed by atoms with Crippen molar-refractivity contribution >= 4 is 24.8 Å². The van der Waals surface area contributed by atoms with Crippen LogP contribution in [-0.4, -0.2) is 18.3 Å². The molecule has 144 valence electrons. The number of halogens is 4. The summed E-state index contributed by atoms with van der Waals surface area (Å²) >= 11 is 0. The molecule has 0 atom stereocenters. The van der Waals surface area contributed by atoms with Gasteiger partial charge in [-0.3, -0.25) is 4.98 Å². The summed E-state index contributed by atoms with van der Waals surface area (Å²) in [5.41, 5.74) is 2.81. The van der Waals surface area contributed by atoms with E-state index in [9.17, 15) is 8.78 Å². The maximum absolute atomic E-state index is 13.5. The number of hydrogen-bond donors (Lipinski definition) is 0. The van der Waals surface area contributed by atoms with Crippen LogP contribution in [0.25, 0.3) is 11.1 Å². The van der Waals surface area contributed by atoms with Crippen molar-refractivity contribution in [3.8, 4) is 16.9 Å². The highest BCUT2D eigenvalue weighted by Gasteiger charge is 2.15. The van der Waals surface area contributed by atoms with Gasteiger partial charge in [0.05, 0.1) is 0 Å². The van der Waals surface area contributed by atoms with E-state index in [0.29, 0.717) is 5.75 Å². The lowest BCUT2D eigenvalue weighted by Gasteiger charge is -2.12. The number of rotatable bonds is 7. The summed E-state index contributed by atoms with van der Waals surface area (Å²) in [7, 11) is 0. The van der Waals surface area contributed by atoms with Crippen molar-refractivity contribution in [1.82, 2.24) is 4.98 Å². The first-order chi connectivity index (χ1) is 11.8. The average Bonchev–Trinajstić information content (AvgIpc) is 3.12. The molecule has 1 aliphatic carbocycles. The Hall–Kier alpha value is -1.39. The van der Waals surface area contributed by atoms with Crippen molar-refractivity contribution in [1.29, 1.82) is 0 Å². The van der Waals surface area contributed by atoms with E-state index in [2.05, 4.69) is 11.1 Å². The molecule has 1 aliphatic rings. The van der Waals surface area contributed by atoms with Gasteiger partial charge in [-0.05, 0) is 42.5 Å². The van der Waals surface area contributed by atoms with Gasteiger partial charge in [0, 0.05) is 29.6 Å². The van der Waals surface area contributed by atoms with Crippen LogP contribution in [-0.2, 0) is 6.42 Å². The van der Waals surface area contributed by atoms with Gasteiger partial charge in [-0.2, -0.15) is 0 Å². The molecule has 3 rings (SSSR count). The van der Waals surface area contributed by atoms with Gasteiger partial charge in [-0.1, -0.05) is 25.7 Å². The lowest BCUT2D eigenvalue weighted by Crippen LogP contribution is -2.01. The molecule has 1 aromatic carbocycles.